The Morgan fingerprint density at radius 2 is 2.08 bits per heavy atom. The number of nitrogens with zero attached hydrogens (tertiary/aromatic N) is 2. The molecule has 0 bridgehead atoms. The molecule has 0 aliphatic rings. The minimum Gasteiger partial charge on any atom is -0.330 e. The molecule has 13 heavy (non-hydrogen) atoms. The van der Waals surface area contributed by atoms with Crippen LogP contribution in [-0.4, -0.2) is 16.5 Å². The molecule has 0 saturated heterocycles. The zero-order valence-electron chi connectivity index (χ0n) is 8.54. The van der Waals surface area contributed by atoms with Crippen LogP contribution in [0.4, 0.5) is 0 Å². The van der Waals surface area contributed by atoms with Gasteiger partial charge in [-0.05, 0) is 12.6 Å². The molecule has 72 valence electrons. The first-order valence-electron chi connectivity index (χ1n) is 4.56. The monoisotopic (exact) mass is 179 g/mol. The summed E-state index contributed by atoms with van der Waals surface area (Å²) in [4.78, 5) is 8.59. The number of aromatic nitrogens is 2. The van der Waals surface area contributed by atoms with E-state index in [-0.39, 0.29) is 5.41 Å². The molecule has 0 saturated carbocycles. The molecule has 0 unspecified atom stereocenters. The third-order valence-electron chi connectivity index (χ3n) is 1.84. The summed E-state index contributed by atoms with van der Waals surface area (Å²) in [5.74, 6) is 0.843. The molecule has 1 heterocycles. The number of rotatable bonds is 2. The van der Waals surface area contributed by atoms with Gasteiger partial charge >= 0.3 is 0 Å². The highest BCUT2D eigenvalue weighted by Crippen LogP contribution is 2.18. The van der Waals surface area contributed by atoms with E-state index in [0.717, 1.165) is 17.9 Å². The van der Waals surface area contributed by atoms with E-state index < -0.39 is 0 Å². The molecule has 1 aromatic heterocycles. The van der Waals surface area contributed by atoms with Crippen molar-refractivity contribution in [3.63, 3.8) is 0 Å². The molecule has 3 heteroatoms. The number of hydrogen-bond acceptors (Lipinski definition) is 3. The number of nitrogens with two attached hydrogens (primary N) is 1. The van der Waals surface area contributed by atoms with Crippen LogP contribution in [0.5, 0.6) is 0 Å². The lowest BCUT2D eigenvalue weighted by molar-refractivity contribution is 0.561. The summed E-state index contributed by atoms with van der Waals surface area (Å²) in [7, 11) is 0. The Balaban J connectivity index is 2.92. The maximum absolute atomic E-state index is 5.44. The van der Waals surface area contributed by atoms with Gasteiger partial charge in [0.2, 0.25) is 0 Å². The molecule has 0 aromatic carbocycles. The van der Waals surface area contributed by atoms with Gasteiger partial charge in [0.1, 0.15) is 5.82 Å². The average molecular weight is 179 g/mol. The van der Waals surface area contributed by atoms with E-state index in [4.69, 9.17) is 5.73 Å². The van der Waals surface area contributed by atoms with Crippen LogP contribution in [0.25, 0.3) is 0 Å². The summed E-state index contributed by atoms with van der Waals surface area (Å²) in [5, 5.41) is 0. The fourth-order valence-corrected chi connectivity index (χ4v) is 1.07. The van der Waals surface area contributed by atoms with Crippen molar-refractivity contribution in [3.05, 3.63) is 23.8 Å². The van der Waals surface area contributed by atoms with Gasteiger partial charge in [0.05, 0.1) is 0 Å². The smallest absolute Gasteiger partial charge is 0.129 e. The van der Waals surface area contributed by atoms with Gasteiger partial charge in [-0.15, -0.1) is 0 Å². The van der Waals surface area contributed by atoms with Crippen molar-refractivity contribution in [2.45, 2.75) is 32.6 Å². The zero-order chi connectivity index (χ0) is 9.90. The normalized spacial score (nSPS) is 11.7. The maximum Gasteiger partial charge on any atom is 0.129 e. The van der Waals surface area contributed by atoms with Crippen molar-refractivity contribution < 1.29 is 0 Å². The van der Waals surface area contributed by atoms with Crippen molar-refractivity contribution in [2.24, 2.45) is 5.73 Å². The molecule has 0 spiro atoms. The highest BCUT2D eigenvalue weighted by molar-refractivity contribution is 5.12. The van der Waals surface area contributed by atoms with Crippen molar-refractivity contribution >= 4 is 0 Å². The summed E-state index contributed by atoms with van der Waals surface area (Å²) in [5.41, 5.74) is 6.60. The van der Waals surface area contributed by atoms with Gasteiger partial charge in [0, 0.05) is 23.7 Å². The largest absolute Gasteiger partial charge is 0.330 e. The van der Waals surface area contributed by atoms with Gasteiger partial charge in [0.25, 0.3) is 0 Å². The van der Waals surface area contributed by atoms with E-state index in [1.165, 1.54) is 0 Å². The van der Waals surface area contributed by atoms with Crippen molar-refractivity contribution in [1.82, 2.24) is 9.97 Å². The Hall–Kier alpha value is -0.960. The van der Waals surface area contributed by atoms with Crippen LogP contribution >= 0.6 is 0 Å². The van der Waals surface area contributed by atoms with Crippen LogP contribution in [0.15, 0.2) is 12.3 Å². The lowest BCUT2D eigenvalue weighted by Crippen LogP contribution is -2.16. The Labute approximate surface area is 79.4 Å². The summed E-state index contributed by atoms with van der Waals surface area (Å²) < 4.78 is 0. The van der Waals surface area contributed by atoms with E-state index in [1.807, 2.05) is 6.07 Å². The molecule has 2 N–H and O–H groups in total. The second-order valence-electron chi connectivity index (χ2n) is 4.15. The first kappa shape index (κ1) is 10.1. The van der Waals surface area contributed by atoms with Crippen molar-refractivity contribution in [1.29, 1.82) is 0 Å². The third-order valence-corrected chi connectivity index (χ3v) is 1.84. The average Bonchev–Trinajstić information content (AvgIpc) is 2.04. The van der Waals surface area contributed by atoms with Crippen LogP contribution in [0, 0.1) is 0 Å². The summed E-state index contributed by atoms with van der Waals surface area (Å²) in [6.45, 7) is 7.03. The predicted octanol–water partition coefficient (Wildman–Crippen LogP) is 1.28. The van der Waals surface area contributed by atoms with Crippen molar-refractivity contribution in [2.75, 3.05) is 6.54 Å². The molecule has 0 aliphatic heterocycles. The first-order valence-corrected chi connectivity index (χ1v) is 4.56. The highest BCUT2D eigenvalue weighted by atomic mass is 14.9. The van der Waals surface area contributed by atoms with Crippen LogP contribution in [0.3, 0.4) is 0 Å². The Bertz CT molecular complexity index is 276. The molecule has 0 radical (unpaired) electrons. The maximum atomic E-state index is 5.44. The zero-order valence-corrected chi connectivity index (χ0v) is 8.54. The summed E-state index contributed by atoms with van der Waals surface area (Å²) in [6.07, 6.45) is 2.56. The molecule has 3 nitrogen and oxygen atoms in total. The van der Waals surface area contributed by atoms with Gasteiger partial charge in [-0.3, -0.25) is 0 Å². The standard InChI is InChI=1S/C10H17N3/c1-10(2,3)8-5-7-12-9(13-8)4-6-11/h5,7H,4,6,11H2,1-3H3. The minimum atomic E-state index is 0.0896. The Kier molecular flexibility index (Phi) is 2.98. The summed E-state index contributed by atoms with van der Waals surface area (Å²) in [6, 6.07) is 1.96. The van der Waals surface area contributed by atoms with E-state index in [2.05, 4.69) is 30.7 Å². The van der Waals surface area contributed by atoms with Gasteiger partial charge in [-0.2, -0.15) is 0 Å². The van der Waals surface area contributed by atoms with E-state index >= 15 is 0 Å². The molecule has 1 rings (SSSR count). The topological polar surface area (TPSA) is 51.8 Å². The van der Waals surface area contributed by atoms with Gasteiger partial charge < -0.3 is 5.73 Å². The second kappa shape index (κ2) is 3.83. The van der Waals surface area contributed by atoms with Gasteiger partial charge in [-0.25, -0.2) is 9.97 Å². The Morgan fingerprint density at radius 1 is 1.38 bits per heavy atom. The van der Waals surface area contributed by atoms with E-state index in [1.54, 1.807) is 6.20 Å². The molecule has 0 fully saturated rings. The Morgan fingerprint density at radius 3 is 2.62 bits per heavy atom. The molecule has 0 atom stereocenters. The van der Waals surface area contributed by atoms with E-state index in [0.29, 0.717) is 6.54 Å². The van der Waals surface area contributed by atoms with Crippen LogP contribution < -0.4 is 5.73 Å². The molecular weight excluding hydrogens is 162 g/mol. The first-order chi connectivity index (χ1) is 6.04. The van der Waals surface area contributed by atoms with Gasteiger partial charge in [0.15, 0.2) is 0 Å². The molecule has 0 amide bonds. The third kappa shape index (κ3) is 2.77. The molecular formula is C10H17N3. The molecule has 0 aliphatic carbocycles. The molecule has 1 aromatic rings. The van der Waals surface area contributed by atoms with Crippen LogP contribution in [-0.2, 0) is 11.8 Å². The second-order valence-corrected chi connectivity index (χ2v) is 4.15. The lowest BCUT2D eigenvalue weighted by atomic mass is 9.92. The van der Waals surface area contributed by atoms with Crippen LogP contribution in [0.2, 0.25) is 0 Å². The fraction of sp³-hybridized carbons (Fsp3) is 0.600. The predicted molar refractivity (Wildman–Crippen MR) is 53.5 cm³/mol. The van der Waals surface area contributed by atoms with E-state index in [9.17, 15) is 0 Å². The SMILES string of the molecule is CC(C)(C)c1ccnc(CCN)n1. The minimum absolute atomic E-state index is 0.0896. The lowest BCUT2D eigenvalue weighted by Gasteiger charge is -2.17. The van der Waals surface area contributed by atoms with Crippen molar-refractivity contribution in [3.8, 4) is 0 Å². The fourth-order valence-electron chi connectivity index (χ4n) is 1.07. The number of hydrogen-bond donors (Lipinski definition) is 1. The summed E-state index contributed by atoms with van der Waals surface area (Å²) >= 11 is 0. The van der Waals surface area contributed by atoms with Gasteiger partial charge in [-0.1, -0.05) is 20.8 Å². The quantitative estimate of drug-likeness (QED) is 0.744. The highest BCUT2D eigenvalue weighted by Gasteiger charge is 2.15. The van der Waals surface area contributed by atoms with Crippen LogP contribution in [0.1, 0.15) is 32.3 Å².